The van der Waals surface area contributed by atoms with Gasteiger partial charge in [-0.1, -0.05) is 43.5 Å². The molecule has 0 aromatic rings. The van der Waals surface area contributed by atoms with Crippen molar-refractivity contribution in [2.45, 2.75) is 20.3 Å². The summed E-state index contributed by atoms with van der Waals surface area (Å²) in [6.45, 7) is 11.4. The quantitative estimate of drug-likeness (QED) is 0.629. The van der Waals surface area contributed by atoms with Crippen LogP contribution in [0.3, 0.4) is 0 Å². The minimum atomic E-state index is 0.853. The maximum atomic E-state index is 5.71. The van der Waals surface area contributed by atoms with Gasteiger partial charge in [0.2, 0.25) is 0 Å². The Morgan fingerprint density at radius 1 is 1.19 bits per heavy atom. The van der Waals surface area contributed by atoms with Crippen LogP contribution in [-0.2, 0) is 4.74 Å². The first-order valence-electron chi connectivity index (χ1n) is 5.38. The smallest absolute Gasteiger partial charge is 0.129 e. The third-order valence-corrected chi connectivity index (χ3v) is 2.40. The molecule has 0 N–H and O–H groups in total. The molecule has 0 saturated heterocycles. The zero-order valence-electron chi connectivity index (χ0n) is 9.99. The first kappa shape index (κ1) is 12.3. The van der Waals surface area contributed by atoms with E-state index in [-0.39, 0.29) is 0 Å². The molecule has 0 spiro atoms. The van der Waals surface area contributed by atoms with E-state index in [9.17, 15) is 0 Å². The molecule has 0 radical (unpaired) electrons. The number of hydrogen-bond donors (Lipinski definition) is 0. The predicted molar refractivity (Wildman–Crippen MR) is 69.8 cm³/mol. The maximum absolute atomic E-state index is 5.71. The molecular weight excluding hydrogens is 196 g/mol. The molecule has 1 nitrogen and oxygen atoms in total. The van der Waals surface area contributed by atoms with Gasteiger partial charge < -0.3 is 4.74 Å². The average molecular weight is 214 g/mol. The summed E-state index contributed by atoms with van der Waals surface area (Å²) in [5.74, 6) is 1.78. The Morgan fingerprint density at radius 3 is 2.50 bits per heavy atom. The van der Waals surface area contributed by atoms with Crippen molar-refractivity contribution in [3.05, 3.63) is 72.3 Å². The van der Waals surface area contributed by atoms with Crippen LogP contribution >= 0.6 is 0 Å². The van der Waals surface area contributed by atoms with Crippen LogP contribution in [0.25, 0.3) is 0 Å². The summed E-state index contributed by atoms with van der Waals surface area (Å²) in [5, 5.41) is 0. The molecule has 1 heterocycles. The Balaban J connectivity index is 2.99. The van der Waals surface area contributed by atoms with Gasteiger partial charge >= 0.3 is 0 Å². The number of ether oxygens (including phenoxy) is 1. The summed E-state index contributed by atoms with van der Waals surface area (Å²) in [4.78, 5) is 0. The van der Waals surface area contributed by atoms with E-state index >= 15 is 0 Å². The lowest BCUT2D eigenvalue weighted by molar-refractivity contribution is 0.305. The lowest BCUT2D eigenvalue weighted by Crippen LogP contribution is -2.03. The monoisotopic (exact) mass is 214 g/mol. The topological polar surface area (TPSA) is 9.23 Å². The van der Waals surface area contributed by atoms with Crippen LogP contribution < -0.4 is 0 Å². The second-order valence-electron chi connectivity index (χ2n) is 3.55. The van der Waals surface area contributed by atoms with E-state index in [4.69, 9.17) is 4.74 Å². The standard InChI is InChI=1S/C15H18O/c1-5-8-10-13-11-14(9-6-2)15(7-3)16-12(13)4/h5-10H,1,3,11H2,2,4H3/b9-6-,10-8-. The number of hydrogen-bond acceptors (Lipinski definition) is 1. The second-order valence-corrected chi connectivity index (χ2v) is 3.55. The molecule has 0 aromatic heterocycles. The molecule has 0 aliphatic carbocycles. The van der Waals surface area contributed by atoms with E-state index in [0.717, 1.165) is 23.5 Å². The van der Waals surface area contributed by atoms with E-state index < -0.39 is 0 Å². The van der Waals surface area contributed by atoms with Gasteiger partial charge in [-0.3, -0.25) is 0 Å². The third kappa shape index (κ3) is 2.86. The molecule has 0 bridgehead atoms. The number of rotatable bonds is 4. The van der Waals surface area contributed by atoms with Gasteiger partial charge in [0.1, 0.15) is 11.5 Å². The van der Waals surface area contributed by atoms with Crippen molar-refractivity contribution in [1.29, 1.82) is 0 Å². The van der Waals surface area contributed by atoms with Crippen molar-refractivity contribution in [1.82, 2.24) is 0 Å². The molecule has 0 fully saturated rings. The Morgan fingerprint density at radius 2 is 1.94 bits per heavy atom. The maximum Gasteiger partial charge on any atom is 0.129 e. The first-order chi connectivity index (χ1) is 7.72. The molecule has 0 saturated carbocycles. The Bertz CT molecular complexity index is 403. The van der Waals surface area contributed by atoms with Gasteiger partial charge in [-0.15, -0.1) is 0 Å². The summed E-state index contributed by atoms with van der Waals surface area (Å²) in [6.07, 6.45) is 12.4. The summed E-state index contributed by atoms with van der Waals surface area (Å²) in [6, 6.07) is 0. The molecule has 1 aliphatic heterocycles. The molecule has 0 aromatic carbocycles. The van der Waals surface area contributed by atoms with Crippen LogP contribution in [0.5, 0.6) is 0 Å². The van der Waals surface area contributed by atoms with Crippen LogP contribution in [-0.4, -0.2) is 0 Å². The Labute approximate surface area is 97.8 Å². The predicted octanol–water partition coefficient (Wildman–Crippen LogP) is 4.44. The third-order valence-electron chi connectivity index (χ3n) is 2.40. The van der Waals surface area contributed by atoms with E-state index in [0.29, 0.717) is 0 Å². The van der Waals surface area contributed by atoms with Gasteiger partial charge in [0.05, 0.1) is 0 Å². The van der Waals surface area contributed by atoms with Crippen molar-refractivity contribution in [3.63, 3.8) is 0 Å². The molecule has 1 aliphatic rings. The van der Waals surface area contributed by atoms with E-state index in [2.05, 4.69) is 19.2 Å². The summed E-state index contributed by atoms with van der Waals surface area (Å²) in [5.41, 5.74) is 2.34. The van der Waals surface area contributed by atoms with Gasteiger partial charge in [-0.25, -0.2) is 0 Å². The molecule has 1 heteroatoms. The molecule has 1 rings (SSSR count). The van der Waals surface area contributed by atoms with Crippen molar-refractivity contribution in [2.24, 2.45) is 0 Å². The van der Waals surface area contributed by atoms with Crippen molar-refractivity contribution in [2.75, 3.05) is 0 Å². The highest BCUT2D eigenvalue weighted by Gasteiger charge is 2.14. The van der Waals surface area contributed by atoms with Crippen molar-refractivity contribution >= 4 is 0 Å². The molecular formula is C15H18O. The van der Waals surface area contributed by atoms with Gasteiger partial charge in [-0.05, 0) is 31.1 Å². The van der Waals surface area contributed by atoms with Gasteiger partial charge in [0.15, 0.2) is 0 Å². The highest BCUT2D eigenvalue weighted by atomic mass is 16.5. The fourth-order valence-electron chi connectivity index (χ4n) is 1.59. The van der Waals surface area contributed by atoms with Crippen molar-refractivity contribution < 1.29 is 4.74 Å². The van der Waals surface area contributed by atoms with Crippen molar-refractivity contribution in [3.8, 4) is 0 Å². The fraction of sp³-hybridized carbons (Fsp3) is 0.200. The van der Waals surface area contributed by atoms with E-state index in [1.165, 1.54) is 5.57 Å². The molecule has 16 heavy (non-hydrogen) atoms. The zero-order chi connectivity index (χ0) is 12.0. The van der Waals surface area contributed by atoms with Crippen LogP contribution in [0.1, 0.15) is 20.3 Å². The van der Waals surface area contributed by atoms with E-state index in [1.54, 1.807) is 12.2 Å². The lowest BCUT2D eigenvalue weighted by Gasteiger charge is -2.20. The second kappa shape index (κ2) is 5.96. The SMILES string of the molecule is C=C/C=C\C1=C(C)OC(C=C)=C(/C=C\C)C1. The lowest BCUT2D eigenvalue weighted by atomic mass is 9.99. The molecule has 84 valence electrons. The van der Waals surface area contributed by atoms with Crippen LogP contribution in [0.15, 0.2) is 72.3 Å². The minimum absolute atomic E-state index is 0.853. The normalized spacial score (nSPS) is 17.1. The average Bonchev–Trinajstić information content (AvgIpc) is 2.29. The molecule has 0 atom stereocenters. The molecule has 0 amide bonds. The first-order valence-corrected chi connectivity index (χ1v) is 5.38. The summed E-state index contributed by atoms with van der Waals surface area (Å²) < 4.78 is 5.71. The Kier molecular flexibility index (Phi) is 4.59. The molecule has 0 unspecified atom stereocenters. The fourth-order valence-corrected chi connectivity index (χ4v) is 1.59. The van der Waals surface area contributed by atoms with Gasteiger partial charge in [0.25, 0.3) is 0 Å². The number of allylic oxidation sites excluding steroid dienone is 9. The van der Waals surface area contributed by atoms with Crippen LogP contribution in [0.4, 0.5) is 0 Å². The van der Waals surface area contributed by atoms with Gasteiger partial charge in [0, 0.05) is 6.42 Å². The van der Waals surface area contributed by atoms with Gasteiger partial charge in [-0.2, -0.15) is 0 Å². The highest BCUT2D eigenvalue weighted by molar-refractivity contribution is 5.41. The Hall–Kier alpha value is -1.76. The highest BCUT2D eigenvalue weighted by Crippen LogP contribution is 2.29. The van der Waals surface area contributed by atoms with Crippen LogP contribution in [0, 0.1) is 0 Å². The summed E-state index contributed by atoms with van der Waals surface area (Å²) >= 11 is 0. The van der Waals surface area contributed by atoms with E-state index in [1.807, 2.05) is 32.1 Å². The largest absolute Gasteiger partial charge is 0.461 e. The van der Waals surface area contributed by atoms with Crippen LogP contribution in [0.2, 0.25) is 0 Å². The zero-order valence-corrected chi connectivity index (χ0v) is 9.99. The summed E-state index contributed by atoms with van der Waals surface area (Å²) in [7, 11) is 0. The minimum Gasteiger partial charge on any atom is -0.461 e.